The van der Waals surface area contributed by atoms with Crippen LogP contribution in [0.5, 0.6) is 0 Å². The van der Waals surface area contributed by atoms with Crippen LogP contribution in [0.25, 0.3) is 0 Å². The number of Topliss-reactive ketones (excluding diaryl/α,β-unsaturated/α-hetero) is 1. The molecule has 1 rings (SSSR count). The second kappa shape index (κ2) is 3.70. The summed E-state index contributed by atoms with van der Waals surface area (Å²) in [5.41, 5.74) is 0.248. The summed E-state index contributed by atoms with van der Waals surface area (Å²) < 4.78 is 4.80. The average Bonchev–Trinajstić information content (AvgIpc) is 1.99. The minimum absolute atomic E-state index is 0.0304. The highest BCUT2D eigenvalue weighted by molar-refractivity contribution is 5.95. The number of aliphatic hydroxyl groups excluding tert-OH is 1. The molecule has 0 radical (unpaired) electrons. The number of carbonyl (C=O) groups excluding carboxylic acids is 2. The molecule has 0 unspecified atom stereocenters. The Kier molecular flexibility index (Phi) is 2.83. The SMILES string of the molecule is CC(=O)CC1=C[C@H](O)[C@@H](C)OC1=O. The van der Waals surface area contributed by atoms with E-state index in [1.165, 1.54) is 13.0 Å². The van der Waals surface area contributed by atoms with Crippen LogP contribution in [0.4, 0.5) is 0 Å². The van der Waals surface area contributed by atoms with Gasteiger partial charge in [0.25, 0.3) is 0 Å². The molecule has 1 aliphatic heterocycles. The first kappa shape index (κ1) is 9.92. The fraction of sp³-hybridized carbons (Fsp3) is 0.556. The van der Waals surface area contributed by atoms with Gasteiger partial charge in [0.15, 0.2) is 0 Å². The molecule has 72 valence electrons. The van der Waals surface area contributed by atoms with Crippen molar-refractivity contribution >= 4 is 11.8 Å². The topological polar surface area (TPSA) is 63.6 Å². The number of cyclic esters (lactones) is 1. The van der Waals surface area contributed by atoms with Crippen LogP contribution in [-0.4, -0.2) is 29.1 Å². The number of esters is 1. The summed E-state index contributed by atoms with van der Waals surface area (Å²) in [5.74, 6) is -0.627. The van der Waals surface area contributed by atoms with E-state index in [4.69, 9.17) is 4.74 Å². The van der Waals surface area contributed by atoms with Gasteiger partial charge in [0.2, 0.25) is 0 Å². The van der Waals surface area contributed by atoms with Crippen molar-refractivity contribution in [2.75, 3.05) is 0 Å². The Morgan fingerprint density at radius 1 is 1.69 bits per heavy atom. The van der Waals surface area contributed by atoms with E-state index in [1.54, 1.807) is 6.92 Å². The molecular formula is C9H12O4. The summed E-state index contributed by atoms with van der Waals surface area (Å²) >= 11 is 0. The molecule has 13 heavy (non-hydrogen) atoms. The van der Waals surface area contributed by atoms with Crippen molar-refractivity contribution in [1.29, 1.82) is 0 Å². The molecule has 2 atom stereocenters. The third-order valence-corrected chi connectivity index (χ3v) is 1.85. The zero-order valence-electron chi connectivity index (χ0n) is 7.61. The van der Waals surface area contributed by atoms with Gasteiger partial charge in [0.1, 0.15) is 18.0 Å². The van der Waals surface area contributed by atoms with E-state index in [0.29, 0.717) is 0 Å². The van der Waals surface area contributed by atoms with E-state index in [0.717, 1.165) is 0 Å². The molecule has 0 aromatic carbocycles. The number of hydrogen-bond donors (Lipinski definition) is 1. The van der Waals surface area contributed by atoms with Crippen molar-refractivity contribution in [1.82, 2.24) is 0 Å². The smallest absolute Gasteiger partial charge is 0.334 e. The molecule has 0 amide bonds. The largest absolute Gasteiger partial charge is 0.456 e. The third kappa shape index (κ3) is 2.39. The maximum absolute atomic E-state index is 11.1. The van der Waals surface area contributed by atoms with Crippen LogP contribution in [0.3, 0.4) is 0 Å². The summed E-state index contributed by atoms with van der Waals surface area (Å²) in [6.45, 7) is 2.99. The highest BCUT2D eigenvalue weighted by atomic mass is 16.6. The molecule has 4 nitrogen and oxygen atoms in total. The predicted octanol–water partition coefficient (Wildman–Crippen LogP) is 0.198. The molecule has 0 bridgehead atoms. The standard InChI is InChI=1S/C9H12O4/c1-5(10)3-7-4-8(11)6(2)13-9(7)12/h4,6,8,11H,3H2,1-2H3/t6-,8+/m1/s1. The molecule has 1 heterocycles. The number of aliphatic hydroxyl groups is 1. The average molecular weight is 184 g/mol. The first-order valence-corrected chi connectivity index (χ1v) is 4.10. The lowest BCUT2D eigenvalue weighted by Gasteiger charge is -2.23. The van der Waals surface area contributed by atoms with Gasteiger partial charge in [-0.15, -0.1) is 0 Å². The first-order chi connectivity index (χ1) is 6.00. The molecule has 1 N–H and O–H groups in total. The fourth-order valence-electron chi connectivity index (χ4n) is 1.12. The van der Waals surface area contributed by atoms with E-state index in [9.17, 15) is 14.7 Å². The molecular weight excluding hydrogens is 172 g/mol. The maximum Gasteiger partial charge on any atom is 0.334 e. The monoisotopic (exact) mass is 184 g/mol. The highest BCUT2D eigenvalue weighted by Gasteiger charge is 2.26. The van der Waals surface area contributed by atoms with Crippen LogP contribution in [0.1, 0.15) is 20.3 Å². The van der Waals surface area contributed by atoms with Gasteiger partial charge >= 0.3 is 5.97 Å². The highest BCUT2D eigenvalue weighted by Crippen LogP contribution is 2.16. The normalized spacial score (nSPS) is 27.9. The number of carbonyl (C=O) groups is 2. The number of hydrogen-bond acceptors (Lipinski definition) is 4. The van der Waals surface area contributed by atoms with E-state index < -0.39 is 18.2 Å². The number of rotatable bonds is 2. The lowest BCUT2D eigenvalue weighted by molar-refractivity contribution is -0.150. The van der Waals surface area contributed by atoms with Crippen molar-refractivity contribution in [3.63, 3.8) is 0 Å². The molecule has 0 aromatic rings. The van der Waals surface area contributed by atoms with Crippen LogP contribution in [0.15, 0.2) is 11.6 Å². The summed E-state index contributed by atoms with van der Waals surface area (Å²) in [5, 5.41) is 9.31. The molecule has 0 aromatic heterocycles. The Labute approximate surface area is 76.2 Å². The third-order valence-electron chi connectivity index (χ3n) is 1.85. The van der Waals surface area contributed by atoms with Crippen LogP contribution in [0.2, 0.25) is 0 Å². The summed E-state index contributed by atoms with van der Waals surface area (Å²) in [6, 6.07) is 0. The van der Waals surface area contributed by atoms with E-state index in [2.05, 4.69) is 0 Å². The van der Waals surface area contributed by atoms with Gasteiger partial charge in [-0.1, -0.05) is 0 Å². The van der Waals surface area contributed by atoms with Gasteiger partial charge in [-0.2, -0.15) is 0 Å². The lowest BCUT2D eigenvalue weighted by atomic mass is 10.0. The minimum atomic E-state index is -0.799. The lowest BCUT2D eigenvalue weighted by Crippen LogP contribution is -2.33. The van der Waals surface area contributed by atoms with Crippen molar-refractivity contribution < 1.29 is 19.4 Å². The van der Waals surface area contributed by atoms with Crippen molar-refractivity contribution in [3.05, 3.63) is 11.6 Å². The zero-order valence-corrected chi connectivity index (χ0v) is 7.61. The summed E-state index contributed by atoms with van der Waals surface area (Å²) in [4.78, 5) is 21.8. The molecule has 0 spiro atoms. The molecule has 0 saturated carbocycles. The Morgan fingerprint density at radius 2 is 2.31 bits per heavy atom. The molecule has 0 saturated heterocycles. The maximum atomic E-state index is 11.1. The van der Waals surface area contributed by atoms with Crippen molar-refractivity contribution in [2.45, 2.75) is 32.5 Å². The Bertz CT molecular complexity index is 267. The van der Waals surface area contributed by atoms with Gasteiger partial charge in [-0.25, -0.2) is 4.79 Å². The predicted molar refractivity (Wildman–Crippen MR) is 44.9 cm³/mol. The Balaban J connectivity index is 2.77. The summed E-state index contributed by atoms with van der Waals surface area (Å²) in [7, 11) is 0. The van der Waals surface area contributed by atoms with Gasteiger partial charge < -0.3 is 9.84 Å². The van der Waals surface area contributed by atoms with Crippen LogP contribution in [0, 0.1) is 0 Å². The molecule has 1 aliphatic rings. The van der Waals surface area contributed by atoms with E-state index in [-0.39, 0.29) is 17.8 Å². The van der Waals surface area contributed by atoms with Gasteiger partial charge in [0.05, 0.1) is 0 Å². The van der Waals surface area contributed by atoms with Crippen LogP contribution < -0.4 is 0 Å². The molecule has 0 aliphatic carbocycles. The Hall–Kier alpha value is -1.16. The van der Waals surface area contributed by atoms with E-state index >= 15 is 0 Å². The van der Waals surface area contributed by atoms with E-state index in [1.807, 2.05) is 0 Å². The second-order valence-electron chi connectivity index (χ2n) is 3.17. The second-order valence-corrected chi connectivity index (χ2v) is 3.17. The minimum Gasteiger partial charge on any atom is -0.456 e. The van der Waals surface area contributed by atoms with Crippen molar-refractivity contribution in [2.24, 2.45) is 0 Å². The number of ether oxygens (including phenoxy) is 1. The van der Waals surface area contributed by atoms with Crippen LogP contribution >= 0.6 is 0 Å². The zero-order chi connectivity index (χ0) is 10.0. The molecule has 4 heteroatoms. The fourth-order valence-corrected chi connectivity index (χ4v) is 1.12. The Morgan fingerprint density at radius 3 is 2.85 bits per heavy atom. The van der Waals surface area contributed by atoms with Crippen molar-refractivity contribution in [3.8, 4) is 0 Å². The number of ketones is 1. The van der Waals surface area contributed by atoms with Gasteiger partial charge in [-0.3, -0.25) is 4.79 Å². The van der Waals surface area contributed by atoms with Crippen LogP contribution in [-0.2, 0) is 14.3 Å². The quantitative estimate of drug-likeness (QED) is 0.622. The summed E-state index contributed by atoms with van der Waals surface area (Å²) in [6.07, 6.45) is 0.0933. The van der Waals surface area contributed by atoms with Gasteiger partial charge in [0, 0.05) is 12.0 Å². The first-order valence-electron chi connectivity index (χ1n) is 4.10. The van der Waals surface area contributed by atoms with Gasteiger partial charge in [-0.05, 0) is 19.9 Å². The molecule has 0 fully saturated rings.